The molecular weight excluding hydrogens is 460 g/mol. The zero-order valence-corrected chi connectivity index (χ0v) is 20.4. The molecule has 10 nitrogen and oxygen atoms in total. The van der Waals surface area contributed by atoms with Gasteiger partial charge in [0, 0.05) is 18.3 Å². The summed E-state index contributed by atoms with van der Waals surface area (Å²) >= 11 is 0. The topological polar surface area (TPSA) is 135 Å². The molecule has 1 atom stereocenters. The zero-order valence-electron chi connectivity index (χ0n) is 20.4. The minimum Gasteiger partial charge on any atom is -0.454 e. The molecule has 0 aliphatic heterocycles. The van der Waals surface area contributed by atoms with Crippen LogP contribution in [0.4, 0.5) is 5.82 Å². The van der Waals surface area contributed by atoms with Crippen molar-refractivity contribution in [3.8, 4) is 17.6 Å². The first-order valence-electron chi connectivity index (χ1n) is 12.0. The van der Waals surface area contributed by atoms with E-state index in [-0.39, 0.29) is 18.2 Å². The number of hydrogen-bond acceptors (Lipinski definition) is 7. The SMILES string of the molecule is CC(C)(O)Cn1ccc(NC(=O)C(CC2CCCC2)n2ncc(Oc3ccccc3C#N)cc2=O)n1. The molecule has 2 heterocycles. The van der Waals surface area contributed by atoms with E-state index in [1.165, 1.54) is 16.9 Å². The second-order valence-electron chi connectivity index (χ2n) is 9.79. The molecule has 188 valence electrons. The van der Waals surface area contributed by atoms with Gasteiger partial charge in [0.1, 0.15) is 17.9 Å². The van der Waals surface area contributed by atoms with E-state index < -0.39 is 17.2 Å². The van der Waals surface area contributed by atoms with Crippen molar-refractivity contribution >= 4 is 11.7 Å². The molecular formula is C26H30N6O4. The number of nitriles is 1. The number of aliphatic hydroxyl groups is 1. The molecule has 1 aliphatic carbocycles. The molecule has 2 aromatic heterocycles. The number of anilines is 1. The zero-order chi connectivity index (χ0) is 25.7. The van der Waals surface area contributed by atoms with Crippen molar-refractivity contribution in [3.63, 3.8) is 0 Å². The van der Waals surface area contributed by atoms with Crippen molar-refractivity contribution < 1.29 is 14.6 Å². The van der Waals surface area contributed by atoms with Crippen LogP contribution in [0.5, 0.6) is 11.5 Å². The molecule has 0 radical (unpaired) electrons. The number of aromatic nitrogens is 4. The Kier molecular flexibility index (Phi) is 7.50. The number of rotatable bonds is 9. The number of ether oxygens (including phenoxy) is 1. The van der Waals surface area contributed by atoms with Crippen LogP contribution in [0, 0.1) is 17.2 Å². The first-order chi connectivity index (χ1) is 17.2. The lowest BCUT2D eigenvalue weighted by molar-refractivity contribution is -0.120. The molecule has 0 bridgehead atoms. The Balaban J connectivity index is 1.55. The third-order valence-electron chi connectivity index (χ3n) is 6.11. The number of para-hydroxylation sites is 1. The number of hydrogen-bond donors (Lipinski definition) is 2. The summed E-state index contributed by atoms with van der Waals surface area (Å²) in [7, 11) is 0. The van der Waals surface area contributed by atoms with Crippen molar-refractivity contribution in [2.24, 2.45) is 5.92 Å². The van der Waals surface area contributed by atoms with Crippen LogP contribution in [0.15, 0.2) is 53.6 Å². The van der Waals surface area contributed by atoms with E-state index in [0.717, 1.165) is 25.7 Å². The average molecular weight is 491 g/mol. The molecule has 1 unspecified atom stereocenters. The monoisotopic (exact) mass is 490 g/mol. The average Bonchev–Trinajstić information content (AvgIpc) is 3.49. The molecule has 1 amide bonds. The summed E-state index contributed by atoms with van der Waals surface area (Å²) in [4.78, 5) is 26.4. The Morgan fingerprint density at radius 2 is 2.06 bits per heavy atom. The highest BCUT2D eigenvalue weighted by Crippen LogP contribution is 2.32. The largest absolute Gasteiger partial charge is 0.454 e. The van der Waals surface area contributed by atoms with Gasteiger partial charge in [0.05, 0.1) is 23.9 Å². The molecule has 0 spiro atoms. The standard InChI is InChI=1S/C26H30N6O4/c1-26(2,35)17-31-12-11-23(30-31)29-25(34)21(13-18-7-3-4-8-18)32-24(33)14-20(16-28-32)36-22-10-6-5-9-19(22)15-27/h5-6,9-12,14,16,18,21,35H,3-4,7-8,13,17H2,1-2H3,(H,29,30,34). The lowest BCUT2D eigenvalue weighted by Crippen LogP contribution is -2.36. The summed E-state index contributed by atoms with van der Waals surface area (Å²) < 4.78 is 8.45. The smallest absolute Gasteiger partial charge is 0.271 e. The van der Waals surface area contributed by atoms with Crippen LogP contribution in [0.25, 0.3) is 0 Å². The molecule has 1 aliphatic rings. The van der Waals surface area contributed by atoms with E-state index in [1.54, 1.807) is 55.1 Å². The number of carbonyl (C=O) groups is 1. The van der Waals surface area contributed by atoms with E-state index in [2.05, 4.69) is 15.5 Å². The predicted octanol–water partition coefficient (Wildman–Crippen LogP) is 3.63. The van der Waals surface area contributed by atoms with Gasteiger partial charge in [-0.25, -0.2) is 4.68 Å². The molecule has 2 N–H and O–H groups in total. The number of nitrogens with zero attached hydrogens (tertiary/aromatic N) is 5. The van der Waals surface area contributed by atoms with E-state index in [9.17, 15) is 20.0 Å². The highest BCUT2D eigenvalue weighted by Gasteiger charge is 2.29. The van der Waals surface area contributed by atoms with Crippen molar-refractivity contribution in [2.75, 3.05) is 5.32 Å². The second kappa shape index (κ2) is 10.7. The second-order valence-corrected chi connectivity index (χ2v) is 9.79. The molecule has 1 aromatic carbocycles. The van der Waals surface area contributed by atoms with Gasteiger partial charge < -0.3 is 15.2 Å². The highest BCUT2D eigenvalue weighted by atomic mass is 16.5. The van der Waals surface area contributed by atoms with Crippen LogP contribution in [-0.2, 0) is 11.3 Å². The Morgan fingerprint density at radius 1 is 1.31 bits per heavy atom. The predicted molar refractivity (Wildman–Crippen MR) is 132 cm³/mol. The molecule has 1 fully saturated rings. The maximum absolute atomic E-state index is 13.3. The summed E-state index contributed by atoms with van der Waals surface area (Å²) in [6, 6.07) is 10.9. The third kappa shape index (κ3) is 6.37. The van der Waals surface area contributed by atoms with Crippen LogP contribution < -0.4 is 15.6 Å². The van der Waals surface area contributed by atoms with E-state index in [0.29, 0.717) is 29.5 Å². The van der Waals surface area contributed by atoms with Gasteiger partial charge in [0.25, 0.3) is 11.5 Å². The van der Waals surface area contributed by atoms with Gasteiger partial charge in [0.15, 0.2) is 11.6 Å². The Hall–Kier alpha value is -3.97. The summed E-state index contributed by atoms with van der Waals surface area (Å²) in [5, 5.41) is 30.7. The summed E-state index contributed by atoms with van der Waals surface area (Å²) in [6.45, 7) is 3.62. The Bertz CT molecular complexity index is 1310. The number of nitrogens with one attached hydrogen (secondary N) is 1. The minimum atomic E-state index is -0.951. The molecule has 3 aromatic rings. The van der Waals surface area contributed by atoms with Gasteiger partial charge >= 0.3 is 0 Å². The summed E-state index contributed by atoms with van der Waals surface area (Å²) in [5.41, 5.74) is -1.09. The third-order valence-corrected chi connectivity index (χ3v) is 6.11. The van der Waals surface area contributed by atoms with Gasteiger partial charge in [-0.3, -0.25) is 14.3 Å². The number of benzene rings is 1. The Morgan fingerprint density at radius 3 is 2.75 bits per heavy atom. The van der Waals surface area contributed by atoms with Gasteiger partial charge in [-0.1, -0.05) is 37.8 Å². The van der Waals surface area contributed by atoms with Gasteiger partial charge in [-0.15, -0.1) is 0 Å². The van der Waals surface area contributed by atoms with Crippen molar-refractivity contribution in [1.29, 1.82) is 5.26 Å². The molecule has 1 saturated carbocycles. The lowest BCUT2D eigenvalue weighted by atomic mass is 9.98. The fraction of sp³-hybridized carbons (Fsp3) is 0.423. The normalized spacial score (nSPS) is 14.8. The fourth-order valence-electron chi connectivity index (χ4n) is 4.47. The number of amides is 1. The summed E-state index contributed by atoms with van der Waals surface area (Å²) in [5.74, 6) is 0.779. The van der Waals surface area contributed by atoms with Crippen molar-refractivity contribution in [3.05, 3.63) is 64.7 Å². The van der Waals surface area contributed by atoms with Gasteiger partial charge in [-0.05, 0) is 38.3 Å². The molecule has 10 heteroatoms. The van der Waals surface area contributed by atoms with Crippen LogP contribution in [0.2, 0.25) is 0 Å². The van der Waals surface area contributed by atoms with Crippen LogP contribution >= 0.6 is 0 Å². The van der Waals surface area contributed by atoms with Crippen LogP contribution in [0.1, 0.15) is 57.6 Å². The molecule has 0 saturated heterocycles. The van der Waals surface area contributed by atoms with Gasteiger partial charge in [-0.2, -0.15) is 15.5 Å². The first kappa shape index (κ1) is 25.1. The number of carbonyl (C=O) groups excluding carboxylic acids is 1. The fourth-order valence-corrected chi connectivity index (χ4v) is 4.47. The highest BCUT2D eigenvalue weighted by molar-refractivity contribution is 5.92. The maximum atomic E-state index is 13.3. The van der Waals surface area contributed by atoms with Crippen LogP contribution in [-0.4, -0.2) is 36.2 Å². The van der Waals surface area contributed by atoms with Crippen molar-refractivity contribution in [1.82, 2.24) is 19.6 Å². The van der Waals surface area contributed by atoms with Crippen molar-refractivity contribution in [2.45, 2.75) is 64.1 Å². The molecule has 36 heavy (non-hydrogen) atoms. The van der Waals surface area contributed by atoms with Crippen LogP contribution in [0.3, 0.4) is 0 Å². The first-order valence-corrected chi connectivity index (χ1v) is 12.0. The van der Waals surface area contributed by atoms with E-state index >= 15 is 0 Å². The summed E-state index contributed by atoms with van der Waals surface area (Å²) in [6.07, 6.45) is 7.76. The molecule has 4 rings (SSSR count). The van der Waals surface area contributed by atoms with Gasteiger partial charge in [0.2, 0.25) is 0 Å². The quantitative estimate of drug-likeness (QED) is 0.467. The maximum Gasteiger partial charge on any atom is 0.271 e. The Labute approximate surface area is 209 Å². The van der Waals surface area contributed by atoms with E-state index in [1.807, 2.05) is 6.07 Å². The van der Waals surface area contributed by atoms with E-state index in [4.69, 9.17) is 4.74 Å². The minimum absolute atomic E-state index is 0.185. The lowest BCUT2D eigenvalue weighted by Gasteiger charge is -2.21.